The van der Waals surface area contributed by atoms with Crippen molar-refractivity contribution in [3.05, 3.63) is 53.9 Å². The molecule has 3 rings (SSSR count). The van der Waals surface area contributed by atoms with Gasteiger partial charge in [0.1, 0.15) is 13.2 Å². The van der Waals surface area contributed by atoms with Gasteiger partial charge in [0.2, 0.25) is 0 Å². The van der Waals surface area contributed by atoms with E-state index in [1.54, 1.807) is 6.20 Å². The van der Waals surface area contributed by atoms with Gasteiger partial charge < -0.3 is 20.1 Å². The molecule has 2 heterocycles. The lowest BCUT2D eigenvalue weighted by atomic mass is 10.2. The average Bonchev–Trinajstić information content (AvgIpc) is 2.60. The number of amides is 2. The van der Waals surface area contributed by atoms with Crippen LogP contribution in [0, 0.1) is 0 Å². The van der Waals surface area contributed by atoms with E-state index >= 15 is 0 Å². The second-order valence-electron chi connectivity index (χ2n) is 5.28. The Balaban J connectivity index is 1.53. The van der Waals surface area contributed by atoms with Gasteiger partial charge in [-0.1, -0.05) is 12.1 Å². The number of rotatable bonds is 4. The van der Waals surface area contributed by atoms with Gasteiger partial charge >= 0.3 is 6.03 Å². The maximum absolute atomic E-state index is 12.0. The van der Waals surface area contributed by atoms with Crippen molar-refractivity contribution in [2.45, 2.75) is 19.5 Å². The fourth-order valence-electron chi connectivity index (χ4n) is 2.33. The van der Waals surface area contributed by atoms with E-state index in [0.29, 0.717) is 19.8 Å². The lowest BCUT2D eigenvalue weighted by molar-refractivity contribution is 0.171. The van der Waals surface area contributed by atoms with Crippen LogP contribution in [0.1, 0.15) is 24.2 Å². The minimum atomic E-state index is -0.238. The molecule has 2 N–H and O–H groups in total. The minimum absolute atomic E-state index is 0.156. The van der Waals surface area contributed by atoms with Crippen LogP contribution in [-0.4, -0.2) is 24.2 Å². The number of nitrogens with zero attached hydrogens (tertiary/aromatic N) is 1. The molecule has 0 bridgehead atoms. The van der Waals surface area contributed by atoms with Gasteiger partial charge in [0.15, 0.2) is 11.5 Å². The molecule has 6 nitrogen and oxygen atoms in total. The summed E-state index contributed by atoms with van der Waals surface area (Å²) >= 11 is 0. The van der Waals surface area contributed by atoms with Crippen molar-refractivity contribution >= 4 is 6.03 Å². The van der Waals surface area contributed by atoms with E-state index in [9.17, 15) is 4.79 Å². The third-order valence-corrected chi connectivity index (χ3v) is 3.54. The Morgan fingerprint density at radius 2 is 2.04 bits per heavy atom. The molecule has 2 aromatic rings. The third-order valence-electron chi connectivity index (χ3n) is 3.54. The predicted molar refractivity (Wildman–Crippen MR) is 85.5 cm³/mol. The highest BCUT2D eigenvalue weighted by Crippen LogP contribution is 2.30. The number of ether oxygens (including phenoxy) is 2. The van der Waals surface area contributed by atoms with E-state index in [4.69, 9.17) is 9.47 Å². The SMILES string of the molecule is CC(NC(=O)NCc1ccc2c(c1)OCCO2)c1ccccn1. The van der Waals surface area contributed by atoms with Gasteiger partial charge in [0, 0.05) is 12.7 Å². The van der Waals surface area contributed by atoms with Gasteiger partial charge in [-0.15, -0.1) is 0 Å². The molecule has 0 spiro atoms. The number of hydrogen-bond acceptors (Lipinski definition) is 4. The molecule has 2 amide bonds. The second kappa shape index (κ2) is 7.00. The molecule has 1 aromatic carbocycles. The lowest BCUT2D eigenvalue weighted by Gasteiger charge is -2.19. The highest BCUT2D eigenvalue weighted by atomic mass is 16.6. The normalized spacial score (nSPS) is 14.0. The molecule has 120 valence electrons. The van der Waals surface area contributed by atoms with Crippen LogP contribution in [0.15, 0.2) is 42.6 Å². The molecule has 0 saturated heterocycles. The molecule has 0 radical (unpaired) electrons. The van der Waals surface area contributed by atoms with Crippen LogP contribution in [0.5, 0.6) is 11.5 Å². The summed E-state index contributed by atoms with van der Waals surface area (Å²) in [5.74, 6) is 1.46. The Labute approximate surface area is 134 Å². The van der Waals surface area contributed by atoms with Crippen LogP contribution < -0.4 is 20.1 Å². The van der Waals surface area contributed by atoms with Crippen molar-refractivity contribution in [3.8, 4) is 11.5 Å². The van der Waals surface area contributed by atoms with Gasteiger partial charge in [0.25, 0.3) is 0 Å². The van der Waals surface area contributed by atoms with E-state index < -0.39 is 0 Å². The van der Waals surface area contributed by atoms with Crippen LogP contribution in [-0.2, 0) is 6.54 Å². The number of pyridine rings is 1. The summed E-state index contributed by atoms with van der Waals surface area (Å²) in [5, 5.41) is 5.69. The van der Waals surface area contributed by atoms with Crippen LogP contribution in [0.2, 0.25) is 0 Å². The predicted octanol–water partition coefficient (Wildman–Crippen LogP) is 2.41. The van der Waals surface area contributed by atoms with Gasteiger partial charge in [-0.05, 0) is 36.8 Å². The summed E-state index contributed by atoms with van der Waals surface area (Å²) in [5.41, 5.74) is 1.77. The van der Waals surface area contributed by atoms with Gasteiger partial charge in [-0.2, -0.15) is 0 Å². The van der Waals surface area contributed by atoms with Crippen LogP contribution >= 0.6 is 0 Å². The average molecular weight is 313 g/mol. The van der Waals surface area contributed by atoms with Crippen molar-refractivity contribution in [2.24, 2.45) is 0 Å². The highest BCUT2D eigenvalue weighted by molar-refractivity contribution is 5.74. The van der Waals surface area contributed by atoms with Crippen molar-refractivity contribution in [2.75, 3.05) is 13.2 Å². The number of urea groups is 1. The topological polar surface area (TPSA) is 72.5 Å². The highest BCUT2D eigenvalue weighted by Gasteiger charge is 2.13. The zero-order chi connectivity index (χ0) is 16.1. The molecule has 6 heteroatoms. The summed E-state index contributed by atoms with van der Waals surface area (Å²) in [4.78, 5) is 16.2. The number of benzene rings is 1. The first-order valence-electron chi connectivity index (χ1n) is 7.56. The number of fused-ring (bicyclic) bond motifs is 1. The van der Waals surface area contributed by atoms with Gasteiger partial charge in [-0.3, -0.25) is 4.98 Å². The summed E-state index contributed by atoms with van der Waals surface area (Å²) in [6.45, 7) is 3.42. The van der Waals surface area contributed by atoms with Gasteiger partial charge in [0.05, 0.1) is 11.7 Å². The van der Waals surface area contributed by atoms with Gasteiger partial charge in [-0.25, -0.2) is 4.79 Å². The van der Waals surface area contributed by atoms with Crippen molar-refractivity contribution in [1.29, 1.82) is 0 Å². The van der Waals surface area contributed by atoms with E-state index in [1.165, 1.54) is 0 Å². The molecule has 1 atom stereocenters. The Morgan fingerprint density at radius 3 is 2.83 bits per heavy atom. The lowest BCUT2D eigenvalue weighted by Crippen LogP contribution is -2.36. The molecule has 1 unspecified atom stereocenters. The van der Waals surface area contributed by atoms with Crippen LogP contribution in [0.25, 0.3) is 0 Å². The van der Waals surface area contributed by atoms with Crippen LogP contribution in [0.3, 0.4) is 0 Å². The van der Waals surface area contributed by atoms with Crippen molar-refractivity contribution in [3.63, 3.8) is 0 Å². The fraction of sp³-hybridized carbons (Fsp3) is 0.294. The van der Waals surface area contributed by atoms with Crippen LogP contribution in [0.4, 0.5) is 4.79 Å². The zero-order valence-corrected chi connectivity index (χ0v) is 12.9. The van der Waals surface area contributed by atoms with E-state index in [1.807, 2.05) is 43.3 Å². The van der Waals surface area contributed by atoms with Crippen molar-refractivity contribution < 1.29 is 14.3 Å². The Bertz CT molecular complexity index is 676. The molecular formula is C17H19N3O3. The Kier molecular flexibility index (Phi) is 4.61. The van der Waals surface area contributed by atoms with E-state index in [-0.39, 0.29) is 12.1 Å². The first-order valence-corrected chi connectivity index (χ1v) is 7.56. The molecule has 1 aliphatic heterocycles. The monoisotopic (exact) mass is 313 g/mol. The number of carbonyl (C=O) groups excluding carboxylic acids is 1. The summed E-state index contributed by atoms with van der Waals surface area (Å²) in [6.07, 6.45) is 1.71. The molecule has 23 heavy (non-hydrogen) atoms. The fourth-order valence-corrected chi connectivity index (χ4v) is 2.33. The molecule has 0 saturated carbocycles. The number of carbonyl (C=O) groups is 1. The summed E-state index contributed by atoms with van der Waals surface area (Å²) < 4.78 is 11.0. The Hall–Kier alpha value is -2.76. The molecule has 1 aromatic heterocycles. The number of nitrogens with one attached hydrogen (secondary N) is 2. The smallest absolute Gasteiger partial charge is 0.315 e. The zero-order valence-electron chi connectivity index (χ0n) is 12.9. The maximum atomic E-state index is 12.0. The van der Waals surface area contributed by atoms with Crippen molar-refractivity contribution in [1.82, 2.24) is 15.6 Å². The summed E-state index contributed by atoms with van der Waals surface area (Å²) in [7, 11) is 0. The first-order chi connectivity index (χ1) is 11.2. The van der Waals surface area contributed by atoms with E-state index in [2.05, 4.69) is 15.6 Å². The first kappa shape index (κ1) is 15.1. The number of aromatic nitrogens is 1. The second-order valence-corrected chi connectivity index (χ2v) is 5.28. The molecular weight excluding hydrogens is 294 g/mol. The maximum Gasteiger partial charge on any atom is 0.315 e. The minimum Gasteiger partial charge on any atom is -0.486 e. The third kappa shape index (κ3) is 3.91. The molecule has 0 aliphatic carbocycles. The number of hydrogen-bond donors (Lipinski definition) is 2. The largest absolute Gasteiger partial charge is 0.486 e. The standard InChI is InChI=1S/C17H19N3O3/c1-12(14-4-2-3-7-18-14)20-17(21)19-11-13-5-6-15-16(10-13)23-9-8-22-15/h2-7,10,12H,8-9,11H2,1H3,(H2,19,20,21). The quantitative estimate of drug-likeness (QED) is 0.909. The molecule has 0 fully saturated rings. The Morgan fingerprint density at radius 1 is 1.22 bits per heavy atom. The van der Waals surface area contributed by atoms with E-state index in [0.717, 1.165) is 22.8 Å². The summed E-state index contributed by atoms with van der Waals surface area (Å²) in [6, 6.07) is 10.9. The molecule has 1 aliphatic rings.